The molecule has 0 spiro atoms. The molecule has 0 radical (unpaired) electrons. The fraction of sp³-hybridized carbons (Fsp3) is 0.0909. The Labute approximate surface area is 96.7 Å². The van der Waals surface area contributed by atoms with Crippen LogP contribution < -0.4 is 0 Å². The van der Waals surface area contributed by atoms with Crippen molar-refractivity contribution in [3.8, 4) is 0 Å². The molecule has 0 atom stereocenters. The monoisotopic (exact) mass is 237 g/mol. The Bertz CT molecular complexity index is 493. The molecule has 0 saturated carbocycles. The number of rotatable bonds is 2. The Kier molecular flexibility index (Phi) is 2.84. The van der Waals surface area contributed by atoms with E-state index in [4.69, 9.17) is 11.6 Å². The lowest BCUT2D eigenvalue weighted by atomic mass is 10.1. The standard InChI is InChI=1S/C11H8ClNOS/c1-7-2-3-8(9(12)6-7)11(14)10-4-5-15-13-10/h2-6H,1H3. The molecule has 0 aliphatic heterocycles. The van der Waals surface area contributed by atoms with Crippen LogP contribution in [0.5, 0.6) is 0 Å². The van der Waals surface area contributed by atoms with Crippen LogP contribution in [0.4, 0.5) is 0 Å². The number of carbonyl (C=O) groups excluding carboxylic acids is 1. The second kappa shape index (κ2) is 4.13. The number of nitrogens with zero attached hydrogens (tertiary/aromatic N) is 1. The van der Waals surface area contributed by atoms with Gasteiger partial charge in [0.1, 0.15) is 5.69 Å². The summed E-state index contributed by atoms with van der Waals surface area (Å²) in [4.78, 5) is 11.9. The van der Waals surface area contributed by atoms with Crippen LogP contribution in [0.15, 0.2) is 29.6 Å². The van der Waals surface area contributed by atoms with Crippen molar-refractivity contribution in [3.63, 3.8) is 0 Å². The van der Waals surface area contributed by atoms with Crippen molar-refractivity contribution in [2.45, 2.75) is 6.92 Å². The van der Waals surface area contributed by atoms with Gasteiger partial charge in [-0.3, -0.25) is 4.79 Å². The summed E-state index contributed by atoms with van der Waals surface area (Å²) in [6.45, 7) is 1.93. The summed E-state index contributed by atoms with van der Waals surface area (Å²) in [5, 5.41) is 2.25. The molecule has 4 heteroatoms. The fourth-order valence-electron chi connectivity index (χ4n) is 1.27. The predicted molar refractivity (Wildman–Crippen MR) is 61.7 cm³/mol. The van der Waals surface area contributed by atoms with Gasteiger partial charge in [-0.25, -0.2) is 0 Å². The molecule has 0 fully saturated rings. The van der Waals surface area contributed by atoms with Gasteiger partial charge in [0, 0.05) is 10.9 Å². The molecule has 0 aliphatic rings. The van der Waals surface area contributed by atoms with Gasteiger partial charge in [-0.05, 0) is 42.2 Å². The zero-order valence-corrected chi connectivity index (χ0v) is 9.60. The molecule has 1 heterocycles. The maximum Gasteiger partial charge on any atom is 0.213 e. The van der Waals surface area contributed by atoms with Crippen LogP contribution in [-0.2, 0) is 0 Å². The van der Waals surface area contributed by atoms with Crippen LogP contribution in [0.3, 0.4) is 0 Å². The Morgan fingerprint density at radius 2 is 2.20 bits per heavy atom. The van der Waals surface area contributed by atoms with Crippen LogP contribution in [-0.4, -0.2) is 10.2 Å². The van der Waals surface area contributed by atoms with Crippen LogP contribution >= 0.6 is 23.1 Å². The molecule has 0 bridgehead atoms. The summed E-state index contributed by atoms with van der Waals surface area (Å²) in [6.07, 6.45) is 0. The van der Waals surface area contributed by atoms with Crippen LogP contribution in [0.25, 0.3) is 0 Å². The first-order valence-corrected chi connectivity index (χ1v) is 5.61. The molecule has 0 amide bonds. The molecule has 15 heavy (non-hydrogen) atoms. The summed E-state index contributed by atoms with van der Waals surface area (Å²) in [5.41, 5.74) is 1.99. The van der Waals surface area contributed by atoms with E-state index >= 15 is 0 Å². The Balaban J connectivity index is 2.42. The molecule has 2 aromatic rings. The van der Waals surface area contributed by atoms with E-state index in [9.17, 15) is 4.79 Å². The van der Waals surface area contributed by atoms with E-state index in [0.29, 0.717) is 16.3 Å². The highest BCUT2D eigenvalue weighted by Gasteiger charge is 2.14. The lowest BCUT2D eigenvalue weighted by Gasteiger charge is -2.01. The van der Waals surface area contributed by atoms with Crippen molar-refractivity contribution in [2.75, 3.05) is 0 Å². The zero-order valence-electron chi connectivity index (χ0n) is 8.03. The summed E-state index contributed by atoms with van der Waals surface area (Å²) in [5.74, 6) is -0.124. The fourth-order valence-corrected chi connectivity index (χ4v) is 2.10. The highest BCUT2D eigenvalue weighted by atomic mass is 35.5. The van der Waals surface area contributed by atoms with E-state index in [1.165, 1.54) is 11.5 Å². The van der Waals surface area contributed by atoms with Gasteiger partial charge in [0.15, 0.2) is 0 Å². The minimum Gasteiger partial charge on any atom is -0.287 e. The summed E-state index contributed by atoms with van der Waals surface area (Å²) < 4.78 is 3.99. The van der Waals surface area contributed by atoms with E-state index < -0.39 is 0 Å². The van der Waals surface area contributed by atoms with Crippen molar-refractivity contribution >= 4 is 28.9 Å². The van der Waals surface area contributed by atoms with Crippen LogP contribution in [0.1, 0.15) is 21.6 Å². The number of ketones is 1. The van der Waals surface area contributed by atoms with Crippen molar-refractivity contribution < 1.29 is 4.79 Å². The highest BCUT2D eigenvalue weighted by Crippen LogP contribution is 2.20. The van der Waals surface area contributed by atoms with Gasteiger partial charge in [-0.1, -0.05) is 17.7 Å². The van der Waals surface area contributed by atoms with Crippen molar-refractivity contribution in [1.29, 1.82) is 0 Å². The Morgan fingerprint density at radius 1 is 1.40 bits per heavy atom. The second-order valence-corrected chi connectivity index (χ2v) is 4.27. The molecular weight excluding hydrogens is 230 g/mol. The predicted octanol–water partition coefficient (Wildman–Crippen LogP) is 3.34. The van der Waals surface area contributed by atoms with Crippen molar-refractivity contribution in [3.05, 3.63) is 51.5 Å². The molecule has 1 aromatic carbocycles. The maximum absolute atomic E-state index is 11.9. The molecule has 2 rings (SSSR count). The number of halogens is 1. The molecule has 0 N–H and O–H groups in total. The van der Waals surface area contributed by atoms with E-state index in [-0.39, 0.29) is 5.78 Å². The SMILES string of the molecule is Cc1ccc(C(=O)c2ccsn2)c(Cl)c1. The third kappa shape index (κ3) is 2.08. The second-order valence-electron chi connectivity index (χ2n) is 3.20. The molecule has 2 nitrogen and oxygen atoms in total. The maximum atomic E-state index is 11.9. The number of benzene rings is 1. The summed E-state index contributed by atoms with van der Waals surface area (Å²) >= 11 is 7.25. The van der Waals surface area contributed by atoms with Crippen LogP contribution in [0, 0.1) is 6.92 Å². The normalized spacial score (nSPS) is 10.3. The molecule has 0 saturated heterocycles. The van der Waals surface area contributed by atoms with Gasteiger partial charge in [-0.2, -0.15) is 4.37 Å². The largest absolute Gasteiger partial charge is 0.287 e. The number of aromatic nitrogens is 1. The number of aryl methyl sites for hydroxylation is 1. The van der Waals surface area contributed by atoms with Crippen LogP contribution in [0.2, 0.25) is 5.02 Å². The Morgan fingerprint density at radius 3 is 2.80 bits per heavy atom. The quantitative estimate of drug-likeness (QED) is 0.750. The summed E-state index contributed by atoms with van der Waals surface area (Å²) in [7, 11) is 0. The first-order chi connectivity index (χ1) is 7.18. The van der Waals surface area contributed by atoms with Gasteiger partial charge >= 0.3 is 0 Å². The minimum absolute atomic E-state index is 0.124. The van der Waals surface area contributed by atoms with Crippen molar-refractivity contribution in [1.82, 2.24) is 4.37 Å². The van der Waals surface area contributed by atoms with Gasteiger partial charge in [0.2, 0.25) is 5.78 Å². The lowest BCUT2D eigenvalue weighted by molar-refractivity contribution is 0.103. The van der Waals surface area contributed by atoms with E-state index in [1.807, 2.05) is 13.0 Å². The molecule has 1 aromatic heterocycles. The molecule has 0 unspecified atom stereocenters. The topological polar surface area (TPSA) is 30.0 Å². The highest BCUT2D eigenvalue weighted by molar-refractivity contribution is 7.03. The van der Waals surface area contributed by atoms with E-state index in [2.05, 4.69) is 4.37 Å². The zero-order chi connectivity index (χ0) is 10.8. The lowest BCUT2D eigenvalue weighted by Crippen LogP contribution is -2.02. The first kappa shape index (κ1) is 10.3. The third-order valence-electron chi connectivity index (χ3n) is 2.04. The smallest absolute Gasteiger partial charge is 0.213 e. The summed E-state index contributed by atoms with van der Waals surface area (Å²) in [6, 6.07) is 7.08. The number of carbonyl (C=O) groups is 1. The minimum atomic E-state index is -0.124. The number of hydrogen-bond acceptors (Lipinski definition) is 3. The molecule has 76 valence electrons. The van der Waals surface area contributed by atoms with Gasteiger partial charge in [0.25, 0.3) is 0 Å². The van der Waals surface area contributed by atoms with E-state index in [1.54, 1.807) is 23.6 Å². The average molecular weight is 238 g/mol. The first-order valence-electron chi connectivity index (χ1n) is 4.40. The molecule has 0 aliphatic carbocycles. The molecular formula is C11H8ClNOS. The average Bonchev–Trinajstić information content (AvgIpc) is 2.69. The van der Waals surface area contributed by atoms with Gasteiger partial charge in [-0.15, -0.1) is 0 Å². The van der Waals surface area contributed by atoms with Gasteiger partial charge < -0.3 is 0 Å². The van der Waals surface area contributed by atoms with Crippen molar-refractivity contribution in [2.24, 2.45) is 0 Å². The number of hydrogen-bond donors (Lipinski definition) is 0. The van der Waals surface area contributed by atoms with E-state index in [0.717, 1.165) is 5.56 Å². The third-order valence-corrected chi connectivity index (χ3v) is 2.91. The Hall–Kier alpha value is -1.19. The van der Waals surface area contributed by atoms with Gasteiger partial charge in [0.05, 0.1) is 5.02 Å².